The summed E-state index contributed by atoms with van der Waals surface area (Å²) in [6.45, 7) is 5.24. The van der Waals surface area contributed by atoms with Gasteiger partial charge in [0, 0.05) is 29.7 Å². The molecule has 0 bridgehead atoms. The first-order valence-corrected chi connectivity index (χ1v) is 9.72. The van der Waals surface area contributed by atoms with Crippen LogP contribution >= 0.6 is 11.6 Å². The predicted octanol–water partition coefficient (Wildman–Crippen LogP) is 3.66. The van der Waals surface area contributed by atoms with E-state index in [-0.39, 0.29) is 5.75 Å². The number of hydrogen-bond donors (Lipinski definition) is 1. The maximum Gasteiger partial charge on any atom is 0.154 e. The van der Waals surface area contributed by atoms with E-state index in [4.69, 9.17) is 11.6 Å². The van der Waals surface area contributed by atoms with Gasteiger partial charge in [-0.1, -0.05) is 11.6 Å². The fourth-order valence-electron chi connectivity index (χ4n) is 4.33. The highest BCUT2D eigenvalue weighted by atomic mass is 35.5. The van der Waals surface area contributed by atoms with Crippen LogP contribution in [0.15, 0.2) is 18.2 Å². The van der Waals surface area contributed by atoms with Crippen LogP contribution in [-0.4, -0.2) is 52.9 Å². The van der Waals surface area contributed by atoms with Crippen LogP contribution in [0.1, 0.15) is 30.4 Å². The van der Waals surface area contributed by atoms with E-state index in [1.54, 1.807) is 6.07 Å². The van der Waals surface area contributed by atoms with Crippen molar-refractivity contribution in [3.8, 4) is 17.0 Å². The lowest BCUT2D eigenvalue weighted by atomic mass is 9.97. The molecule has 138 valence electrons. The summed E-state index contributed by atoms with van der Waals surface area (Å²) in [5.74, 6) is 1.18. The van der Waals surface area contributed by atoms with Gasteiger partial charge in [-0.2, -0.15) is 0 Å². The largest absolute Gasteiger partial charge is 0.507 e. The first-order chi connectivity index (χ1) is 12.5. The van der Waals surface area contributed by atoms with Crippen molar-refractivity contribution in [2.45, 2.75) is 38.6 Å². The molecule has 0 saturated carbocycles. The Kier molecular flexibility index (Phi) is 4.76. The molecule has 0 spiro atoms. The lowest BCUT2D eigenvalue weighted by Crippen LogP contribution is -2.49. The summed E-state index contributed by atoms with van der Waals surface area (Å²) < 4.78 is 0. The Balaban J connectivity index is 1.69. The highest BCUT2D eigenvalue weighted by Crippen LogP contribution is 2.36. The third-order valence-corrected chi connectivity index (χ3v) is 5.76. The Labute approximate surface area is 159 Å². The standard InChI is InChI=1S/C20H25ClN4O/c1-13-9-15(21)11-18(26)19(13)17-10-14-5-3-8-25(20(14)23-22-17)16-6-4-7-24(2)12-16/h9-11,16,26H,3-8,12H2,1-2H3/t16-/m1/s1. The van der Waals surface area contributed by atoms with Crippen LogP contribution in [-0.2, 0) is 6.42 Å². The minimum atomic E-state index is 0.158. The van der Waals surface area contributed by atoms with Crippen LogP contribution in [0.5, 0.6) is 5.75 Å². The third kappa shape index (κ3) is 3.26. The van der Waals surface area contributed by atoms with Crippen molar-refractivity contribution in [2.75, 3.05) is 31.6 Å². The number of likely N-dealkylation sites (N-methyl/N-ethyl adjacent to an activating group) is 1. The molecular formula is C20H25ClN4O. The number of benzene rings is 1. The normalized spacial score (nSPS) is 20.9. The van der Waals surface area contributed by atoms with Gasteiger partial charge >= 0.3 is 0 Å². The molecule has 5 nitrogen and oxygen atoms in total. The van der Waals surface area contributed by atoms with Crippen LogP contribution in [0.25, 0.3) is 11.3 Å². The van der Waals surface area contributed by atoms with Gasteiger partial charge in [0.25, 0.3) is 0 Å². The lowest BCUT2D eigenvalue weighted by Gasteiger charge is -2.41. The number of aromatic hydroxyl groups is 1. The summed E-state index contributed by atoms with van der Waals surface area (Å²) in [5.41, 5.74) is 3.58. The van der Waals surface area contributed by atoms with E-state index >= 15 is 0 Å². The van der Waals surface area contributed by atoms with E-state index in [9.17, 15) is 5.11 Å². The van der Waals surface area contributed by atoms with Gasteiger partial charge in [0.1, 0.15) is 5.75 Å². The monoisotopic (exact) mass is 372 g/mol. The predicted molar refractivity (Wildman–Crippen MR) is 105 cm³/mol. The van der Waals surface area contributed by atoms with E-state index in [0.29, 0.717) is 11.1 Å². The van der Waals surface area contributed by atoms with Gasteiger partial charge in [-0.3, -0.25) is 0 Å². The molecule has 0 aliphatic carbocycles. The Morgan fingerprint density at radius 3 is 2.77 bits per heavy atom. The average molecular weight is 373 g/mol. The summed E-state index contributed by atoms with van der Waals surface area (Å²) in [5, 5.41) is 19.9. The molecule has 6 heteroatoms. The van der Waals surface area contributed by atoms with Gasteiger partial charge in [-0.25, -0.2) is 0 Å². The number of likely N-dealkylation sites (tertiary alicyclic amines) is 1. The van der Waals surface area contributed by atoms with Gasteiger partial charge in [-0.15, -0.1) is 10.2 Å². The Hall–Kier alpha value is -1.85. The van der Waals surface area contributed by atoms with Gasteiger partial charge in [0.2, 0.25) is 0 Å². The smallest absolute Gasteiger partial charge is 0.154 e. The molecule has 1 N–H and O–H groups in total. The molecule has 0 amide bonds. The first kappa shape index (κ1) is 17.6. The van der Waals surface area contributed by atoms with Crippen LogP contribution in [0.3, 0.4) is 0 Å². The second-order valence-electron chi connectivity index (χ2n) is 7.55. The summed E-state index contributed by atoms with van der Waals surface area (Å²) in [7, 11) is 2.19. The molecule has 1 saturated heterocycles. The molecule has 0 radical (unpaired) electrons. The van der Waals surface area contributed by atoms with Crippen LogP contribution < -0.4 is 4.90 Å². The van der Waals surface area contributed by atoms with Crippen LogP contribution in [0, 0.1) is 6.92 Å². The summed E-state index contributed by atoms with van der Waals surface area (Å²) >= 11 is 6.04. The Bertz CT molecular complexity index is 802. The molecule has 1 fully saturated rings. The number of aromatic nitrogens is 2. The molecule has 1 aromatic heterocycles. The van der Waals surface area contributed by atoms with E-state index < -0.39 is 0 Å². The highest BCUT2D eigenvalue weighted by Gasteiger charge is 2.29. The fraction of sp³-hybridized carbons (Fsp3) is 0.500. The van der Waals surface area contributed by atoms with Crippen molar-refractivity contribution < 1.29 is 5.11 Å². The zero-order valence-electron chi connectivity index (χ0n) is 15.4. The van der Waals surface area contributed by atoms with Crippen molar-refractivity contribution in [3.63, 3.8) is 0 Å². The molecule has 26 heavy (non-hydrogen) atoms. The van der Waals surface area contributed by atoms with Crippen molar-refractivity contribution in [3.05, 3.63) is 34.3 Å². The molecule has 2 aromatic rings. The van der Waals surface area contributed by atoms with Crippen molar-refractivity contribution in [2.24, 2.45) is 0 Å². The van der Waals surface area contributed by atoms with Gasteiger partial charge in [0.15, 0.2) is 5.82 Å². The maximum absolute atomic E-state index is 10.3. The molecule has 2 aliphatic rings. The van der Waals surface area contributed by atoms with Gasteiger partial charge in [-0.05, 0) is 75.5 Å². The summed E-state index contributed by atoms with van der Waals surface area (Å²) in [6, 6.07) is 6.02. The third-order valence-electron chi connectivity index (χ3n) is 5.54. The minimum absolute atomic E-state index is 0.158. The molecule has 0 unspecified atom stereocenters. The number of hydrogen-bond acceptors (Lipinski definition) is 5. The summed E-state index contributed by atoms with van der Waals surface area (Å²) in [4.78, 5) is 4.85. The maximum atomic E-state index is 10.3. The number of phenols is 1. The SMILES string of the molecule is Cc1cc(Cl)cc(O)c1-c1cc2c(nn1)N([C@@H]1CCCN(C)C1)CCC2. The number of rotatable bonds is 2. The number of anilines is 1. The second-order valence-corrected chi connectivity index (χ2v) is 7.99. The number of halogens is 1. The van der Waals surface area contributed by atoms with Crippen molar-refractivity contribution in [1.29, 1.82) is 0 Å². The zero-order chi connectivity index (χ0) is 18.3. The van der Waals surface area contributed by atoms with Crippen molar-refractivity contribution >= 4 is 17.4 Å². The Morgan fingerprint density at radius 2 is 2.00 bits per heavy atom. The first-order valence-electron chi connectivity index (χ1n) is 9.34. The number of phenolic OH excluding ortho intramolecular Hbond substituents is 1. The molecule has 1 aromatic carbocycles. The van der Waals surface area contributed by atoms with E-state index in [1.807, 2.05) is 13.0 Å². The van der Waals surface area contributed by atoms with E-state index in [2.05, 4.69) is 33.1 Å². The molecule has 3 heterocycles. The van der Waals surface area contributed by atoms with Gasteiger partial charge in [0.05, 0.1) is 5.69 Å². The lowest BCUT2D eigenvalue weighted by molar-refractivity contribution is 0.242. The van der Waals surface area contributed by atoms with Crippen LogP contribution in [0.4, 0.5) is 5.82 Å². The summed E-state index contributed by atoms with van der Waals surface area (Å²) in [6.07, 6.45) is 4.58. The molecule has 2 aliphatic heterocycles. The number of fused-ring (bicyclic) bond motifs is 1. The number of aryl methyl sites for hydroxylation is 2. The van der Waals surface area contributed by atoms with Crippen LogP contribution in [0.2, 0.25) is 5.02 Å². The number of nitrogens with zero attached hydrogens (tertiary/aromatic N) is 4. The number of piperidine rings is 1. The van der Waals surface area contributed by atoms with E-state index in [1.165, 1.54) is 24.9 Å². The minimum Gasteiger partial charge on any atom is -0.507 e. The van der Waals surface area contributed by atoms with E-state index in [0.717, 1.165) is 48.6 Å². The molecule has 1 atom stereocenters. The zero-order valence-corrected chi connectivity index (χ0v) is 16.1. The molecule has 4 rings (SSSR count). The highest BCUT2D eigenvalue weighted by molar-refractivity contribution is 6.31. The second kappa shape index (κ2) is 7.05. The van der Waals surface area contributed by atoms with Gasteiger partial charge < -0.3 is 14.9 Å². The molecular weight excluding hydrogens is 348 g/mol. The van der Waals surface area contributed by atoms with Crippen molar-refractivity contribution in [1.82, 2.24) is 15.1 Å². The quantitative estimate of drug-likeness (QED) is 0.871. The fourth-order valence-corrected chi connectivity index (χ4v) is 4.59. The Morgan fingerprint density at radius 1 is 1.15 bits per heavy atom. The topological polar surface area (TPSA) is 52.5 Å². The average Bonchev–Trinajstić information content (AvgIpc) is 2.60.